The minimum atomic E-state index is -3.69. The molecular formula is C20H21N3O2S. The Morgan fingerprint density at radius 1 is 0.846 bits per heavy atom. The Hall–Kier alpha value is -2.83. The molecule has 0 unspecified atom stereocenters. The zero-order chi connectivity index (χ0) is 18.7. The Morgan fingerprint density at radius 3 is 2.23 bits per heavy atom. The number of nitrogens with zero attached hydrogens (tertiary/aromatic N) is 1. The standard InChI is InChI=1S/C12H14N2O2S.C8H7N/c1-14(2)11-7-3-6-10-9(11)5-4-8-12(10)17(13,15)16;1-2-4-8-7(3-1)5-6-9-8/h3-8H,1-2H3,(H2,13,15,16);1-6,9H. The molecule has 0 aliphatic rings. The molecule has 0 aliphatic heterocycles. The fourth-order valence-electron chi connectivity index (χ4n) is 2.90. The Morgan fingerprint density at radius 2 is 1.54 bits per heavy atom. The molecule has 0 saturated heterocycles. The van der Waals surface area contributed by atoms with Crippen LogP contribution in [0.15, 0.2) is 77.8 Å². The lowest BCUT2D eigenvalue weighted by Gasteiger charge is -2.16. The van der Waals surface area contributed by atoms with Gasteiger partial charge in [0.2, 0.25) is 10.0 Å². The number of rotatable bonds is 2. The molecule has 3 aromatic carbocycles. The summed E-state index contributed by atoms with van der Waals surface area (Å²) in [6, 6.07) is 20.9. The monoisotopic (exact) mass is 367 g/mol. The van der Waals surface area contributed by atoms with Gasteiger partial charge in [0.05, 0.1) is 4.90 Å². The van der Waals surface area contributed by atoms with Crippen molar-refractivity contribution >= 4 is 37.4 Å². The molecule has 1 aromatic heterocycles. The number of aromatic nitrogens is 1. The van der Waals surface area contributed by atoms with E-state index in [0.717, 1.165) is 11.1 Å². The number of para-hydroxylation sites is 1. The minimum Gasteiger partial charge on any atom is -0.377 e. The summed E-state index contributed by atoms with van der Waals surface area (Å²) in [5.41, 5.74) is 2.17. The maximum Gasteiger partial charge on any atom is 0.238 e. The first kappa shape index (κ1) is 18.0. The molecular weight excluding hydrogens is 346 g/mol. The second kappa shape index (κ2) is 7.19. The van der Waals surface area contributed by atoms with Gasteiger partial charge in [0.25, 0.3) is 0 Å². The van der Waals surface area contributed by atoms with Crippen molar-refractivity contribution in [2.24, 2.45) is 5.14 Å². The molecule has 0 radical (unpaired) electrons. The Labute approximate surface area is 153 Å². The molecule has 0 atom stereocenters. The van der Waals surface area contributed by atoms with Crippen molar-refractivity contribution in [1.29, 1.82) is 0 Å². The largest absolute Gasteiger partial charge is 0.377 e. The van der Waals surface area contributed by atoms with Gasteiger partial charge in [-0.3, -0.25) is 0 Å². The summed E-state index contributed by atoms with van der Waals surface area (Å²) in [6.07, 6.45) is 1.95. The Bertz CT molecular complexity index is 1120. The van der Waals surface area contributed by atoms with Gasteiger partial charge in [-0.05, 0) is 29.7 Å². The van der Waals surface area contributed by atoms with Crippen LogP contribution in [0.4, 0.5) is 5.69 Å². The maximum atomic E-state index is 11.5. The summed E-state index contributed by atoms with van der Waals surface area (Å²) in [7, 11) is 0.140. The molecule has 0 fully saturated rings. The van der Waals surface area contributed by atoms with E-state index in [0.29, 0.717) is 5.39 Å². The summed E-state index contributed by atoms with van der Waals surface area (Å²) < 4.78 is 23.0. The van der Waals surface area contributed by atoms with Crippen molar-refractivity contribution < 1.29 is 8.42 Å². The van der Waals surface area contributed by atoms with E-state index in [2.05, 4.69) is 23.2 Å². The molecule has 5 nitrogen and oxygen atoms in total. The van der Waals surface area contributed by atoms with Gasteiger partial charge in [0.15, 0.2) is 0 Å². The third-order valence-electron chi connectivity index (χ3n) is 4.11. The van der Waals surface area contributed by atoms with E-state index in [1.54, 1.807) is 12.1 Å². The molecule has 4 rings (SSSR count). The molecule has 1 heterocycles. The Kier molecular flexibility index (Phi) is 4.97. The predicted molar refractivity (Wildman–Crippen MR) is 108 cm³/mol. The lowest BCUT2D eigenvalue weighted by Crippen LogP contribution is -2.13. The molecule has 0 aliphatic carbocycles. The highest BCUT2D eigenvalue weighted by atomic mass is 32.2. The predicted octanol–water partition coefficient (Wildman–Crippen LogP) is 3.72. The van der Waals surface area contributed by atoms with E-state index in [-0.39, 0.29) is 4.90 Å². The normalized spacial score (nSPS) is 11.2. The fourth-order valence-corrected chi connectivity index (χ4v) is 3.65. The van der Waals surface area contributed by atoms with Crippen LogP contribution in [-0.4, -0.2) is 27.5 Å². The van der Waals surface area contributed by atoms with Crippen molar-refractivity contribution in [1.82, 2.24) is 4.98 Å². The van der Waals surface area contributed by atoms with E-state index in [9.17, 15) is 8.42 Å². The lowest BCUT2D eigenvalue weighted by atomic mass is 10.1. The van der Waals surface area contributed by atoms with Gasteiger partial charge in [-0.25, -0.2) is 13.6 Å². The van der Waals surface area contributed by atoms with Gasteiger partial charge in [-0.2, -0.15) is 0 Å². The van der Waals surface area contributed by atoms with Crippen LogP contribution in [0.25, 0.3) is 21.7 Å². The van der Waals surface area contributed by atoms with Crippen LogP contribution in [0, 0.1) is 0 Å². The van der Waals surface area contributed by atoms with Gasteiger partial charge in [-0.15, -0.1) is 0 Å². The highest BCUT2D eigenvalue weighted by molar-refractivity contribution is 7.89. The second-order valence-corrected chi connectivity index (χ2v) is 7.66. The van der Waals surface area contributed by atoms with Crippen molar-refractivity contribution in [3.05, 3.63) is 72.9 Å². The summed E-state index contributed by atoms with van der Waals surface area (Å²) >= 11 is 0. The van der Waals surface area contributed by atoms with E-state index in [1.165, 1.54) is 17.0 Å². The van der Waals surface area contributed by atoms with Gasteiger partial charge in [0.1, 0.15) is 0 Å². The first-order chi connectivity index (χ1) is 12.4. The number of benzene rings is 3. The smallest absolute Gasteiger partial charge is 0.238 e. The average Bonchev–Trinajstić information content (AvgIpc) is 3.09. The third-order valence-corrected chi connectivity index (χ3v) is 5.08. The van der Waals surface area contributed by atoms with Crippen molar-refractivity contribution in [2.75, 3.05) is 19.0 Å². The summed E-state index contributed by atoms with van der Waals surface area (Å²) in [6.45, 7) is 0. The van der Waals surface area contributed by atoms with E-state index >= 15 is 0 Å². The van der Waals surface area contributed by atoms with Crippen LogP contribution < -0.4 is 10.0 Å². The van der Waals surface area contributed by atoms with Crippen molar-refractivity contribution in [3.8, 4) is 0 Å². The van der Waals surface area contributed by atoms with Crippen LogP contribution in [0.1, 0.15) is 0 Å². The van der Waals surface area contributed by atoms with Crippen molar-refractivity contribution in [2.45, 2.75) is 4.90 Å². The zero-order valence-electron chi connectivity index (χ0n) is 14.7. The number of sulfonamides is 1. The molecule has 6 heteroatoms. The van der Waals surface area contributed by atoms with Crippen molar-refractivity contribution in [3.63, 3.8) is 0 Å². The van der Waals surface area contributed by atoms with Crippen LogP contribution in [0.2, 0.25) is 0 Å². The lowest BCUT2D eigenvalue weighted by molar-refractivity contribution is 0.598. The summed E-state index contributed by atoms with van der Waals surface area (Å²) in [5.74, 6) is 0. The second-order valence-electron chi connectivity index (χ2n) is 6.13. The number of nitrogens with one attached hydrogen (secondary N) is 1. The highest BCUT2D eigenvalue weighted by Gasteiger charge is 2.13. The summed E-state index contributed by atoms with van der Waals surface area (Å²) in [5, 5.41) is 8.02. The van der Waals surface area contributed by atoms with Gasteiger partial charge in [-0.1, -0.05) is 42.5 Å². The molecule has 0 bridgehead atoms. The number of fused-ring (bicyclic) bond motifs is 2. The topological polar surface area (TPSA) is 79.2 Å². The van der Waals surface area contributed by atoms with Gasteiger partial charge in [0, 0.05) is 42.3 Å². The van der Waals surface area contributed by atoms with E-state index < -0.39 is 10.0 Å². The van der Waals surface area contributed by atoms with E-state index in [4.69, 9.17) is 5.14 Å². The van der Waals surface area contributed by atoms with Crippen LogP contribution in [-0.2, 0) is 10.0 Å². The molecule has 4 aromatic rings. The van der Waals surface area contributed by atoms with Gasteiger partial charge >= 0.3 is 0 Å². The number of anilines is 1. The van der Waals surface area contributed by atoms with Crippen LogP contribution >= 0.6 is 0 Å². The number of nitrogens with two attached hydrogens (primary N) is 1. The SMILES string of the molecule is CN(C)c1cccc2c(S(N)(=O)=O)cccc12.c1ccc2[nH]ccc2c1. The molecule has 26 heavy (non-hydrogen) atoms. The summed E-state index contributed by atoms with van der Waals surface area (Å²) in [4.78, 5) is 5.22. The molecule has 0 saturated carbocycles. The quantitative estimate of drug-likeness (QED) is 0.567. The number of H-pyrrole nitrogens is 1. The number of hydrogen-bond acceptors (Lipinski definition) is 3. The van der Waals surface area contributed by atoms with Gasteiger partial charge < -0.3 is 9.88 Å². The van der Waals surface area contributed by atoms with Crippen LogP contribution in [0.5, 0.6) is 0 Å². The molecule has 0 spiro atoms. The number of hydrogen-bond donors (Lipinski definition) is 2. The zero-order valence-corrected chi connectivity index (χ0v) is 15.5. The number of primary sulfonamides is 1. The third kappa shape index (κ3) is 3.71. The minimum absolute atomic E-state index is 0.165. The maximum absolute atomic E-state index is 11.5. The first-order valence-electron chi connectivity index (χ1n) is 8.12. The molecule has 134 valence electrons. The average molecular weight is 367 g/mol. The van der Waals surface area contributed by atoms with E-state index in [1.807, 2.05) is 55.5 Å². The molecule has 3 N–H and O–H groups in total. The first-order valence-corrected chi connectivity index (χ1v) is 9.66. The van der Waals surface area contributed by atoms with Crippen LogP contribution in [0.3, 0.4) is 0 Å². The highest BCUT2D eigenvalue weighted by Crippen LogP contribution is 2.29. The molecule has 0 amide bonds. The Balaban J connectivity index is 0.000000181. The fraction of sp³-hybridized carbons (Fsp3) is 0.100. The number of aromatic amines is 1.